The van der Waals surface area contributed by atoms with Gasteiger partial charge in [0.15, 0.2) is 0 Å². The number of rotatable bonds is 1. The van der Waals surface area contributed by atoms with Crippen molar-refractivity contribution in [2.24, 2.45) is 0 Å². The Labute approximate surface area is 195 Å². The molecule has 2 aliphatic rings. The van der Waals surface area contributed by atoms with Crippen LogP contribution in [0.5, 0.6) is 0 Å². The van der Waals surface area contributed by atoms with Crippen LogP contribution in [0.1, 0.15) is 61.8 Å². The van der Waals surface area contributed by atoms with E-state index in [-0.39, 0.29) is 51.0 Å². The Morgan fingerprint density at radius 2 is 1.12 bits per heavy atom. The van der Waals surface area contributed by atoms with Crippen LogP contribution >= 0.6 is 0 Å². The van der Waals surface area contributed by atoms with E-state index in [1.165, 1.54) is 51.4 Å². The van der Waals surface area contributed by atoms with E-state index in [4.69, 9.17) is 0 Å². The van der Waals surface area contributed by atoms with Gasteiger partial charge in [-0.3, -0.25) is 0 Å². The number of hydrogen-bond donors (Lipinski definition) is 0. The van der Waals surface area contributed by atoms with Crippen molar-refractivity contribution in [3.8, 4) is 0 Å². The van der Waals surface area contributed by atoms with Crippen molar-refractivity contribution in [3.05, 3.63) is 58.7 Å². The summed E-state index contributed by atoms with van der Waals surface area (Å²) >= 11 is 0. The molecule has 0 aromatic heterocycles. The Bertz CT molecular complexity index is 473. The smallest absolute Gasteiger partial charge is 1.00 e. The van der Waals surface area contributed by atoms with Gasteiger partial charge in [-0.25, -0.2) is 12.1 Å². The van der Waals surface area contributed by atoms with E-state index >= 15 is 0 Å². The van der Waals surface area contributed by atoms with Gasteiger partial charge in [-0.2, -0.15) is 46.5 Å². The third kappa shape index (κ3) is 10.1. The minimum Gasteiger partial charge on any atom is -1.00 e. The topological polar surface area (TPSA) is 0 Å². The monoisotopic (exact) mass is 485 g/mol. The predicted molar refractivity (Wildman–Crippen MR) is 105 cm³/mol. The van der Waals surface area contributed by atoms with E-state index in [0.29, 0.717) is 0 Å². The van der Waals surface area contributed by atoms with Gasteiger partial charge in [-0.15, -0.1) is 0 Å². The third-order valence-electron chi connectivity index (χ3n) is 4.97. The first-order valence-electron chi connectivity index (χ1n) is 9.47. The molecule has 2 aliphatic carbocycles. The minimum absolute atomic E-state index is 0. The summed E-state index contributed by atoms with van der Waals surface area (Å²) in [7, 11) is 0.731. The van der Waals surface area contributed by atoms with Gasteiger partial charge in [0.2, 0.25) is 0 Å². The average molecular weight is 488 g/mol. The summed E-state index contributed by atoms with van der Waals surface area (Å²) in [5.74, 6) is 0. The van der Waals surface area contributed by atoms with Crippen LogP contribution in [-0.2, 0) is 51.9 Å². The maximum Gasteiger partial charge on any atom is 4.00 e. The molecule has 0 amide bonds. The Balaban J connectivity index is 0. The molecule has 2 aromatic carbocycles. The molecule has 0 heterocycles. The SMILES string of the molecule is C[SiH]C(C)C.[Cl-].[Cl-].[Zr+4].c1cc2c([cH-]1)CCCC2.c1cc2c([cH-]1)CCCC2. The van der Waals surface area contributed by atoms with Gasteiger partial charge in [-0.1, -0.05) is 77.3 Å². The summed E-state index contributed by atoms with van der Waals surface area (Å²) in [6, 6.07) is 13.4. The zero-order valence-electron chi connectivity index (χ0n) is 16.5. The molecule has 2 aromatic rings. The van der Waals surface area contributed by atoms with Crippen molar-refractivity contribution in [1.29, 1.82) is 0 Å². The summed E-state index contributed by atoms with van der Waals surface area (Å²) in [4.78, 5) is 0. The Kier molecular flexibility index (Phi) is 18.0. The second-order valence-corrected chi connectivity index (χ2v) is 9.14. The minimum atomic E-state index is 0. The third-order valence-corrected chi connectivity index (χ3v) is 6.30. The van der Waals surface area contributed by atoms with Gasteiger partial charge in [-0.05, 0) is 0 Å². The molecule has 0 saturated carbocycles. The van der Waals surface area contributed by atoms with E-state index in [9.17, 15) is 0 Å². The Morgan fingerprint density at radius 1 is 0.769 bits per heavy atom. The second kappa shape index (κ2) is 16.3. The Morgan fingerprint density at radius 3 is 1.42 bits per heavy atom. The molecule has 4 heteroatoms. The summed E-state index contributed by atoms with van der Waals surface area (Å²) in [6.07, 6.45) is 10.9. The molecule has 0 fully saturated rings. The first kappa shape index (κ1) is 28.6. The summed E-state index contributed by atoms with van der Waals surface area (Å²) in [6.45, 7) is 6.80. The van der Waals surface area contributed by atoms with Crippen LogP contribution in [0.3, 0.4) is 0 Å². The molecule has 0 bridgehead atoms. The number of hydrogen-bond acceptors (Lipinski definition) is 0. The van der Waals surface area contributed by atoms with Gasteiger partial charge < -0.3 is 24.8 Å². The molecule has 0 nitrogen and oxygen atoms in total. The zero-order chi connectivity index (χ0) is 16.5. The van der Waals surface area contributed by atoms with Gasteiger partial charge in [0.25, 0.3) is 0 Å². The second-order valence-electron chi connectivity index (χ2n) is 7.14. The van der Waals surface area contributed by atoms with Gasteiger partial charge in [0.1, 0.15) is 0 Å². The molecule has 0 aliphatic heterocycles. The normalized spacial score (nSPS) is 13.8. The standard InChI is InChI=1S/2C9H11.C4H11Si.2ClH.Zr/c2*1-2-5-9-7-3-6-8(9)4-1;1-4(2)5-3;;;/h2*3,6-7H,1-2,4-5H2;4-5H,1-3H3;2*1H;/q2*-1;;;;+4/p-2. The fourth-order valence-electron chi connectivity index (χ4n) is 3.23. The molecule has 0 spiro atoms. The fraction of sp³-hybridized carbons (Fsp3) is 0.545. The molecule has 26 heavy (non-hydrogen) atoms. The summed E-state index contributed by atoms with van der Waals surface area (Å²) < 4.78 is 0. The first-order chi connectivity index (χ1) is 11.2. The fourth-order valence-corrected chi connectivity index (χ4v) is 3.23. The van der Waals surface area contributed by atoms with Crippen molar-refractivity contribution in [2.75, 3.05) is 0 Å². The van der Waals surface area contributed by atoms with Crippen molar-refractivity contribution in [2.45, 2.75) is 77.3 Å². The number of aryl methyl sites for hydroxylation is 4. The molecule has 0 atom stereocenters. The molecule has 4 rings (SSSR count). The largest absolute Gasteiger partial charge is 4.00 e. The quantitative estimate of drug-likeness (QED) is 0.389. The average Bonchev–Trinajstić information content (AvgIpc) is 3.24. The molecule has 143 valence electrons. The molecular formula is C22H33Cl2SiZr. The first-order valence-corrected chi connectivity index (χ1v) is 11.3. The van der Waals surface area contributed by atoms with Crippen molar-refractivity contribution < 1.29 is 51.0 Å². The van der Waals surface area contributed by atoms with Crippen LogP contribution in [0.25, 0.3) is 0 Å². The van der Waals surface area contributed by atoms with Gasteiger partial charge in [0.05, 0.1) is 0 Å². The maximum atomic E-state index is 2.28. The molecule has 1 radical (unpaired) electrons. The van der Waals surface area contributed by atoms with Crippen molar-refractivity contribution in [3.63, 3.8) is 0 Å². The van der Waals surface area contributed by atoms with E-state index < -0.39 is 0 Å². The predicted octanol–water partition coefficient (Wildman–Crippen LogP) is -0.127. The van der Waals surface area contributed by atoms with Crippen molar-refractivity contribution >= 4 is 9.52 Å². The van der Waals surface area contributed by atoms with Gasteiger partial charge in [0, 0.05) is 9.52 Å². The molecule has 0 saturated heterocycles. The maximum absolute atomic E-state index is 2.28. The van der Waals surface area contributed by atoms with Crippen LogP contribution in [0.2, 0.25) is 12.1 Å². The summed E-state index contributed by atoms with van der Waals surface area (Å²) in [5, 5.41) is 0. The van der Waals surface area contributed by atoms with Crippen LogP contribution < -0.4 is 24.8 Å². The summed E-state index contributed by atoms with van der Waals surface area (Å²) in [5.41, 5.74) is 7.36. The molecular weight excluding hydrogens is 454 g/mol. The molecule has 0 N–H and O–H groups in total. The van der Waals surface area contributed by atoms with E-state index in [1.54, 1.807) is 22.3 Å². The Hall–Kier alpha value is 0.380. The van der Waals surface area contributed by atoms with Crippen LogP contribution in [-0.4, -0.2) is 9.52 Å². The van der Waals surface area contributed by atoms with E-state index in [2.05, 4.69) is 56.8 Å². The number of fused-ring (bicyclic) bond motifs is 2. The van der Waals surface area contributed by atoms with Crippen LogP contribution in [0.4, 0.5) is 0 Å². The zero-order valence-corrected chi connectivity index (χ0v) is 21.7. The molecule has 0 unspecified atom stereocenters. The van der Waals surface area contributed by atoms with Gasteiger partial charge >= 0.3 is 26.2 Å². The van der Waals surface area contributed by atoms with Crippen LogP contribution in [0.15, 0.2) is 36.4 Å². The van der Waals surface area contributed by atoms with E-state index in [1.807, 2.05) is 0 Å². The number of halogens is 2. The van der Waals surface area contributed by atoms with Crippen molar-refractivity contribution in [1.82, 2.24) is 0 Å². The van der Waals surface area contributed by atoms with E-state index in [0.717, 1.165) is 15.1 Å². The van der Waals surface area contributed by atoms with Crippen LogP contribution in [0, 0.1) is 0 Å².